The van der Waals surface area contributed by atoms with Crippen molar-refractivity contribution in [2.45, 2.75) is 0 Å². The molecule has 4 nitrogen and oxygen atoms in total. The van der Waals surface area contributed by atoms with Gasteiger partial charge in [0.15, 0.2) is 11.5 Å². The lowest BCUT2D eigenvalue weighted by molar-refractivity contribution is 0.415. The first kappa shape index (κ1) is 11.9. The van der Waals surface area contributed by atoms with Gasteiger partial charge in [-0.15, -0.1) is 5.10 Å². The largest absolute Gasteiger partial charge is 0.497 e. The maximum atomic E-state index is 5.26. The van der Waals surface area contributed by atoms with Crippen LogP contribution in [0, 0.1) is 0 Å². The SMILES string of the molecule is COc1cccc(-c2nc3c4ccccc4ccn3n2)c1. The molecule has 0 aliphatic rings. The summed E-state index contributed by atoms with van der Waals surface area (Å²) in [6.45, 7) is 0. The number of hydrogen-bond donors (Lipinski definition) is 0. The van der Waals surface area contributed by atoms with Crippen LogP contribution in [0.15, 0.2) is 60.8 Å². The summed E-state index contributed by atoms with van der Waals surface area (Å²) in [5, 5.41) is 6.82. The zero-order valence-electron chi connectivity index (χ0n) is 11.5. The molecular formula is C17H13N3O. The Bertz CT molecular complexity index is 943. The molecule has 0 atom stereocenters. The van der Waals surface area contributed by atoms with E-state index >= 15 is 0 Å². The second kappa shape index (κ2) is 4.59. The highest BCUT2D eigenvalue weighted by Crippen LogP contribution is 2.24. The Labute approximate surface area is 121 Å². The Morgan fingerprint density at radius 1 is 1.00 bits per heavy atom. The summed E-state index contributed by atoms with van der Waals surface area (Å²) in [5.74, 6) is 1.50. The van der Waals surface area contributed by atoms with Crippen molar-refractivity contribution in [2.24, 2.45) is 0 Å². The smallest absolute Gasteiger partial charge is 0.182 e. The minimum absolute atomic E-state index is 0.699. The number of methoxy groups -OCH3 is 1. The van der Waals surface area contributed by atoms with E-state index in [1.54, 1.807) is 7.11 Å². The highest BCUT2D eigenvalue weighted by Gasteiger charge is 2.09. The van der Waals surface area contributed by atoms with Crippen molar-refractivity contribution in [2.75, 3.05) is 7.11 Å². The molecule has 4 aromatic rings. The van der Waals surface area contributed by atoms with E-state index in [-0.39, 0.29) is 0 Å². The van der Waals surface area contributed by atoms with Crippen LogP contribution < -0.4 is 4.74 Å². The van der Waals surface area contributed by atoms with E-state index in [0.717, 1.165) is 27.7 Å². The molecule has 0 bridgehead atoms. The molecule has 0 unspecified atom stereocenters. The third kappa shape index (κ3) is 1.92. The van der Waals surface area contributed by atoms with Crippen LogP contribution >= 0.6 is 0 Å². The number of hydrogen-bond acceptors (Lipinski definition) is 3. The number of ether oxygens (including phenoxy) is 1. The first-order chi connectivity index (χ1) is 10.3. The van der Waals surface area contributed by atoms with Gasteiger partial charge in [-0.1, -0.05) is 36.4 Å². The number of benzene rings is 2. The minimum atomic E-state index is 0.699. The highest BCUT2D eigenvalue weighted by atomic mass is 16.5. The van der Waals surface area contributed by atoms with E-state index < -0.39 is 0 Å². The Hall–Kier alpha value is -2.88. The molecule has 0 aliphatic carbocycles. The van der Waals surface area contributed by atoms with Gasteiger partial charge in [-0.2, -0.15) is 0 Å². The Balaban J connectivity index is 1.96. The summed E-state index contributed by atoms with van der Waals surface area (Å²) >= 11 is 0. The van der Waals surface area contributed by atoms with E-state index in [9.17, 15) is 0 Å². The molecule has 0 saturated heterocycles. The lowest BCUT2D eigenvalue weighted by atomic mass is 10.2. The van der Waals surface area contributed by atoms with Crippen molar-refractivity contribution in [3.05, 3.63) is 60.8 Å². The predicted molar refractivity (Wildman–Crippen MR) is 82.5 cm³/mol. The summed E-state index contributed by atoms with van der Waals surface area (Å²) in [6, 6.07) is 18.0. The van der Waals surface area contributed by atoms with Crippen molar-refractivity contribution in [1.29, 1.82) is 0 Å². The topological polar surface area (TPSA) is 39.4 Å². The van der Waals surface area contributed by atoms with Crippen LogP contribution in [0.4, 0.5) is 0 Å². The van der Waals surface area contributed by atoms with Crippen LogP contribution in [0.1, 0.15) is 0 Å². The summed E-state index contributed by atoms with van der Waals surface area (Å²) in [7, 11) is 1.66. The Morgan fingerprint density at radius 3 is 2.81 bits per heavy atom. The van der Waals surface area contributed by atoms with Gasteiger partial charge in [-0.25, -0.2) is 9.50 Å². The fourth-order valence-electron chi connectivity index (χ4n) is 2.49. The van der Waals surface area contributed by atoms with Crippen LogP contribution in [0.2, 0.25) is 0 Å². The molecule has 4 heteroatoms. The summed E-state index contributed by atoms with van der Waals surface area (Å²) in [4.78, 5) is 4.68. The van der Waals surface area contributed by atoms with E-state index in [1.807, 2.05) is 53.2 Å². The van der Waals surface area contributed by atoms with Crippen molar-refractivity contribution in [3.8, 4) is 17.1 Å². The Morgan fingerprint density at radius 2 is 1.90 bits per heavy atom. The van der Waals surface area contributed by atoms with Crippen molar-refractivity contribution < 1.29 is 4.74 Å². The average molecular weight is 275 g/mol. The van der Waals surface area contributed by atoms with Gasteiger partial charge in [-0.3, -0.25) is 0 Å². The molecule has 0 radical (unpaired) electrons. The average Bonchev–Trinajstić information content (AvgIpc) is 2.99. The monoisotopic (exact) mass is 275 g/mol. The standard InChI is InChI=1S/C17H13N3O/c1-21-14-7-4-6-13(11-14)16-18-17-15-8-3-2-5-12(15)9-10-20(17)19-16/h2-11H,1H3. The molecule has 0 fully saturated rings. The maximum absolute atomic E-state index is 5.26. The number of rotatable bonds is 2. The first-order valence-corrected chi connectivity index (χ1v) is 6.74. The number of aromatic nitrogens is 3. The van der Waals surface area contributed by atoms with Gasteiger partial charge in [0.25, 0.3) is 0 Å². The van der Waals surface area contributed by atoms with Crippen LogP contribution in [0.5, 0.6) is 5.75 Å². The summed E-state index contributed by atoms with van der Waals surface area (Å²) in [6.07, 6.45) is 1.94. The summed E-state index contributed by atoms with van der Waals surface area (Å²) in [5.41, 5.74) is 1.81. The lowest BCUT2D eigenvalue weighted by Crippen LogP contribution is -1.87. The van der Waals surface area contributed by atoms with Crippen LogP contribution in [-0.4, -0.2) is 21.7 Å². The van der Waals surface area contributed by atoms with Crippen molar-refractivity contribution in [3.63, 3.8) is 0 Å². The molecule has 2 heterocycles. The quantitative estimate of drug-likeness (QED) is 0.561. The summed E-state index contributed by atoms with van der Waals surface area (Å²) < 4.78 is 7.07. The van der Waals surface area contributed by atoms with Crippen LogP contribution in [-0.2, 0) is 0 Å². The van der Waals surface area contributed by atoms with Gasteiger partial charge < -0.3 is 4.74 Å². The minimum Gasteiger partial charge on any atom is -0.497 e. The van der Waals surface area contributed by atoms with Gasteiger partial charge in [0.2, 0.25) is 0 Å². The van der Waals surface area contributed by atoms with Crippen LogP contribution in [0.25, 0.3) is 27.8 Å². The lowest BCUT2D eigenvalue weighted by Gasteiger charge is -2.00. The molecule has 0 saturated carbocycles. The normalized spacial score (nSPS) is 11.1. The second-order valence-corrected chi connectivity index (χ2v) is 4.84. The zero-order chi connectivity index (χ0) is 14.2. The molecule has 2 aromatic heterocycles. The second-order valence-electron chi connectivity index (χ2n) is 4.84. The molecule has 2 aromatic carbocycles. The number of fused-ring (bicyclic) bond motifs is 3. The molecular weight excluding hydrogens is 262 g/mol. The van der Waals surface area contributed by atoms with Gasteiger partial charge in [0, 0.05) is 17.1 Å². The van der Waals surface area contributed by atoms with Crippen LogP contribution in [0.3, 0.4) is 0 Å². The third-order valence-electron chi connectivity index (χ3n) is 3.56. The van der Waals surface area contributed by atoms with Gasteiger partial charge in [0.05, 0.1) is 7.11 Å². The number of nitrogens with zero attached hydrogens (tertiary/aromatic N) is 3. The van der Waals surface area contributed by atoms with E-state index in [0.29, 0.717) is 5.82 Å². The molecule has 102 valence electrons. The Kier molecular flexibility index (Phi) is 2.60. The molecule has 0 aliphatic heterocycles. The predicted octanol–water partition coefficient (Wildman–Crippen LogP) is 3.56. The van der Waals surface area contributed by atoms with E-state index in [1.165, 1.54) is 0 Å². The molecule has 0 amide bonds. The van der Waals surface area contributed by atoms with Gasteiger partial charge in [-0.05, 0) is 23.6 Å². The first-order valence-electron chi connectivity index (χ1n) is 6.74. The van der Waals surface area contributed by atoms with Gasteiger partial charge in [0.1, 0.15) is 5.75 Å². The molecule has 0 spiro atoms. The fourth-order valence-corrected chi connectivity index (χ4v) is 2.49. The third-order valence-corrected chi connectivity index (χ3v) is 3.56. The van der Waals surface area contributed by atoms with Gasteiger partial charge >= 0.3 is 0 Å². The van der Waals surface area contributed by atoms with Crippen molar-refractivity contribution in [1.82, 2.24) is 14.6 Å². The molecule has 21 heavy (non-hydrogen) atoms. The van der Waals surface area contributed by atoms with E-state index in [2.05, 4.69) is 22.2 Å². The zero-order valence-corrected chi connectivity index (χ0v) is 11.5. The number of pyridine rings is 1. The maximum Gasteiger partial charge on any atom is 0.182 e. The van der Waals surface area contributed by atoms with E-state index in [4.69, 9.17) is 4.74 Å². The fraction of sp³-hybridized carbons (Fsp3) is 0.0588. The molecule has 0 N–H and O–H groups in total. The van der Waals surface area contributed by atoms with Crippen molar-refractivity contribution >= 4 is 16.4 Å². The molecule has 4 rings (SSSR count). The highest BCUT2D eigenvalue weighted by molar-refractivity contribution is 5.94.